The van der Waals surface area contributed by atoms with Crippen LogP contribution < -0.4 is 4.74 Å². The maximum atomic E-state index is 13.2. The highest BCUT2D eigenvalue weighted by Crippen LogP contribution is 2.33. The summed E-state index contributed by atoms with van der Waals surface area (Å²) in [5.74, 6) is 0.204. The van der Waals surface area contributed by atoms with Crippen LogP contribution in [0, 0.1) is 6.92 Å². The fourth-order valence-corrected chi connectivity index (χ4v) is 3.79. The van der Waals surface area contributed by atoms with E-state index in [1.165, 1.54) is 0 Å². The minimum Gasteiger partial charge on any atom is -0.491 e. The molecule has 1 aromatic heterocycles. The van der Waals surface area contributed by atoms with Crippen molar-refractivity contribution in [1.82, 2.24) is 4.57 Å². The molecule has 1 unspecified atom stereocenters. The second kappa shape index (κ2) is 8.21. The molecule has 150 valence electrons. The van der Waals surface area contributed by atoms with Crippen molar-refractivity contribution in [2.75, 3.05) is 0 Å². The molecule has 0 N–H and O–H groups in total. The molecule has 5 nitrogen and oxygen atoms in total. The van der Waals surface area contributed by atoms with Gasteiger partial charge in [-0.2, -0.15) is 0 Å². The van der Waals surface area contributed by atoms with Gasteiger partial charge in [0.2, 0.25) is 5.78 Å². The average molecular weight is 383 g/mol. The minimum absolute atomic E-state index is 0.0299. The number of fused-ring (bicyclic) bond motifs is 1. The van der Waals surface area contributed by atoms with Gasteiger partial charge in [0.05, 0.1) is 23.8 Å². The predicted octanol–water partition coefficient (Wildman–Crippen LogP) is 4.64. The molecule has 0 saturated heterocycles. The molecule has 0 aliphatic carbocycles. The van der Waals surface area contributed by atoms with Gasteiger partial charge >= 0.3 is 5.97 Å². The Kier molecular flexibility index (Phi) is 5.92. The molecule has 1 aliphatic heterocycles. The van der Waals surface area contributed by atoms with E-state index in [0.29, 0.717) is 11.3 Å². The van der Waals surface area contributed by atoms with Crippen molar-refractivity contribution in [3.8, 4) is 5.75 Å². The minimum atomic E-state index is -0.307. The second-order valence-electron chi connectivity index (χ2n) is 7.95. The number of ether oxygens (including phenoxy) is 2. The largest absolute Gasteiger partial charge is 0.491 e. The van der Waals surface area contributed by atoms with Gasteiger partial charge in [0.15, 0.2) is 0 Å². The number of hydrogen-bond donors (Lipinski definition) is 0. The van der Waals surface area contributed by atoms with Gasteiger partial charge in [-0.1, -0.05) is 0 Å². The third-order valence-corrected chi connectivity index (χ3v) is 4.89. The van der Waals surface area contributed by atoms with Gasteiger partial charge in [0, 0.05) is 17.8 Å². The third kappa shape index (κ3) is 4.13. The standard InChI is InChI=1S/C23H29NO4/c1-14(2)27-18-10-8-17(9-11-18)22(25)21-16(5)13-20-19(7-6-12-24(20)21)23(26)28-15(3)4/h8-11,13-15,19H,6-7,12H2,1-5H3. The fraction of sp³-hybridized carbons (Fsp3) is 0.478. The van der Waals surface area contributed by atoms with Crippen LogP contribution in [0.1, 0.15) is 73.8 Å². The second-order valence-corrected chi connectivity index (χ2v) is 7.95. The van der Waals surface area contributed by atoms with Crippen molar-refractivity contribution in [2.24, 2.45) is 0 Å². The highest BCUT2D eigenvalue weighted by molar-refractivity contribution is 6.09. The summed E-state index contributed by atoms with van der Waals surface area (Å²) in [5.41, 5.74) is 3.06. The van der Waals surface area contributed by atoms with E-state index in [1.807, 2.05) is 57.4 Å². The topological polar surface area (TPSA) is 57.5 Å². The molecule has 0 fully saturated rings. The molecule has 0 amide bonds. The molecule has 1 aliphatic rings. The summed E-state index contributed by atoms with van der Waals surface area (Å²) in [6.07, 6.45) is 1.54. The van der Waals surface area contributed by atoms with Crippen LogP contribution in [0.3, 0.4) is 0 Å². The van der Waals surface area contributed by atoms with Crippen molar-refractivity contribution in [1.29, 1.82) is 0 Å². The number of aryl methyl sites for hydroxylation is 1. The molecule has 28 heavy (non-hydrogen) atoms. The normalized spacial score (nSPS) is 16.2. The number of ketones is 1. The highest BCUT2D eigenvalue weighted by atomic mass is 16.5. The van der Waals surface area contributed by atoms with E-state index in [9.17, 15) is 9.59 Å². The zero-order valence-electron chi connectivity index (χ0n) is 17.3. The molecular formula is C23H29NO4. The Balaban J connectivity index is 1.90. The van der Waals surface area contributed by atoms with E-state index in [4.69, 9.17) is 9.47 Å². The third-order valence-electron chi connectivity index (χ3n) is 4.89. The Morgan fingerprint density at radius 3 is 2.36 bits per heavy atom. The number of carbonyl (C=O) groups excluding carboxylic acids is 2. The van der Waals surface area contributed by atoms with E-state index in [-0.39, 0.29) is 29.9 Å². The quantitative estimate of drug-likeness (QED) is 0.538. The number of rotatable bonds is 6. The lowest BCUT2D eigenvalue weighted by Gasteiger charge is -2.25. The lowest BCUT2D eigenvalue weighted by molar-refractivity contribution is -0.149. The van der Waals surface area contributed by atoms with Crippen LogP contribution in [-0.4, -0.2) is 28.5 Å². The van der Waals surface area contributed by atoms with E-state index in [0.717, 1.165) is 36.4 Å². The monoisotopic (exact) mass is 383 g/mol. The first-order valence-electron chi connectivity index (χ1n) is 10.00. The van der Waals surface area contributed by atoms with Gasteiger partial charge in [-0.3, -0.25) is 9.59 Å². The van der Waals surface area contributed by atoms with Crippen LogP contribution in [-0.2, 0) is 16.1 Å². The number of carbonyl (C=O) groups is 2. The molecule has 0 saturated carbocycles. The summed E-state index contributed by atoms with van der Waals surface area (Å²) in [4.78, 5) is 25.7. The molecule has 0 spiro atoms. The van der Waals surface area contributed by atoms with Crippen molar-refractivity contribution < 1.29 is 19.1 Å². The molecular weight excluding hydrogens is 354 g/mol. The van der Waals surface area contributed by atoms with E-state index < -0.39 is 0 Å². The van der Waals surface area contributed by atoms with Crippen LogP contribution in [0.25, 0.3) is 0 Å². The smallest absolute Gasteiger partial charge is 0.315 e. The van der Waals surface area contributed by atoms with Crippen LogP contribution >= 0.6 is 0 Å². The zero-order chi connectivity index (χ0) is 20.4. The zero-order valence-corrected chi connectivity index (χ0v) is 17.3. The summed E-state index contributed by atoms with van der Waals surface area (Å²) in [5, 5.41) is 0. The first-order valence-corrected chi connectivity index (χ1v) is 10.00. The van der Waals surface area contributed by atoms with Crippen LogP contribution in [0.5, 0.6) is 5.75 Å². The summed E-state index contributed by atoms with van der Waals surface area (Å²) in [7, 11) is 0. The lowest BCUT2D eigenvalue weighted by Crippen LogP contribution is -2.27. The molecule has 0 radical (unpaired) electrons. The maximum absolute atomic E-state index is 13.2. The van der Waals surface area contributed by atoms with Gasteiger partial charge in [-0.25, -0.2) is 0 Å². The Morgan fingerprint density at radius 2 is 1.75 bits per heavy atom. The van der Waals surface area contributed by atoms with Gasteiger partial charge < -0.3 is 14.0 Å². The van der Waals surface area contributed by atoms with Crippen molar-refractivity contribution in [3.05, 3.63) is 52.8 Å². The molecule has 3 rings (SSSR count). The number of hydrogen-bond acceptors (Lipinski definition) is 4. The first kappa shape index (κ1) is 20.2. The fourth-order valence-electron chi connectivity index (χ4n) is 3.79. The highest BCUT2D eigenvalue weighted by Gasteiger charge is 2.32. The predicted molar refractivity (Wildman–Crippen MR) is 108 cm³/mol. The van der Waals surface area contributed by atoms with Crippen LogP contribution in [0.15, 0.2) is 30.3 Å². The average Bonchev–Trinajstić information content (AvgIpc) is 2.96. The summed E-state index contributed by atoms with van der Waals surface area (Å²) >= 11 is 0. The molecule has 1 atom stereocenters. The molecule has 2 heterocycles. The van der Waals surface area contributed by atoms with Crippen molar-refractivity contribution in [3.63, 3.8) is 0 Å². The van der Waals surface area contributed by atoms with Gasteiger partial charge in [-0.15, -0.1) is 0 Å². The SMILES string of the molecule is Cc1cc2n(c1C(=O)c1ccc(OC(C)C)cc1)CCCC2C(=O)OC(C)C. The molecule has 2 aromatic rings. The molecule has 1 aromatic carbocycles. The number of esters is 1. The molecule has 5 heteroatoms. The van der Waals surface area contributed by atoms with Gasteiger partial charge in [-0.05, 0) is 83.4 Å². The Labute approximate surface area is 166 Å². The lowest BCUT2D eigenvalue weighted by atomic mass is 9.96. The Morgan fingerprint density at radius 1 is 1.07 bits per heavy atom. The van der Waals surface area contributed by atoms with Crippen LogP contribution in [0.2, 0.25) is 0 Å². The Bertz CT molecular complexity index is 861. The summed E-state index contributed by atoms with van der Waals surface area (Å²) in [6, 6.07) is 9.21. The van der Waals surface area contributed by atoms with Crippen LogP contribution in [0.4, 0.5) is 0 Å². The van der Waals surface area contributed by atoms with Gasteiger partial charge in [0.25, 0.3) is 0 Å². The summed E-state index contributed by atoms with van der Waals surface area (Å²) < 4.78 is 13.1. The van der Waals surface area contributed by atoms with Gasteiger partial charge in [0.1, 0.15) is 5.75 Å². The Hall–Kier alpha value is -2.56. The molecule has 0 bridgehead atoms. The maximum Gasteiger partial charge on any atom is 0.315 e. The van der Waals surface area contributed by atoms with E-state index in [1.54, 1.807) is 12.1 Å². The summed E-state index contributed by atoms with van der Waals surface area (Å²) in [6.45, 7) is 10.3. The van der Waals surface area contributed by atoms with E-state index >= 15 is 0 Å². The first-order chi connectivity index (χ1) is 13.3. The van der Waals surface area contributed by atoms with Crippen molar-refractivity contribution >= 4 is 11.8 Å². The van der Waals surface area contributed by atoms with Crippen molar-refractivity contribution in [2.45, 2.75) is 72.1 Å². The number of aromatic nitrogens is 1. The number of benzene rings is 1. The number of nitrogens with zero attached hydrogens (tertiary/aromatic N) is 1. The van der Waals surface area contributed by atoms with E-state index in [2.05, 4.69) is 0 Å².